The van der Waals surface area contributed by atoms with Crippen molar-refractivity contribution in [3.8, 4) is 66.9 Å². The van der Waals surface area contributed by atoms with Gasteiger partial charge in [0.15, 0.2) is 0 Å². The molecular formula is C53H44N2. The van der Waals surface area contributed by atoms with Gasteiger partial charge in [-0.15, -0.1) is 0 Å². The first-order chi connectivity index (χ1) is 26.5. The van der Waals surface area contributed by atoms with Crippen molar-refractivity contribution < 1.29 is 0 Å². The number of rotatable bonds is 4. The number of hydrogen-bond donors (Lipinski definition) is 0. The van der Waals surface area contributed by atoms with Crippen molar-refractivity contribution in [2.45, 2.75) is 52.4 Å². The van der Waals surface area contributed by atoms with Crippen LogP contribution in [0.4, 0.5) is 0 Å². The van der Waals surface area contributed by atoms with Crippen LogP contribution >= 0.6 is 0 Å². The fraction of sp³-hybridized carbons (Fsp3) is 0.151. The first-order valence-corrected chi connectivity index (χ1v) is 19.5. The Balaban J connectivity index is 1.24. The summed E-state index contributed by atoms with van der Waals surface area (Å²) in [6, 6.07) is 54.4. The van der Waals surface area contributed by atoms with Gasteiger partial charge in [0, 0.05) is 18.0 Å². The average molecular weight is 709 g/mol. The molecule has 0 saturated heterocycles. The molecule has 1 aliphatic carbocycles. The maximum atomic E-state index is 4.95. The predicted molar refractivity (Wildman–Crippen MR) is 234 cm³/mol. The number of imidazole rings is 1. The predicted octanol–water partition coefficient (Wildman–Crippen LogP) is 14.6. The van der Waals surface area contributed by atoms with E-state index in [9.17, 15) is 0 Å². The zero-order valence-corrected chi connectivity index (χ0v) is 32.4. The van der Waals surface area contributed by atoms with Gasteiger partial charge < -0.3 is 4.40 Å². The van der Waals surface area contributed by atoms with Crippen LogP contribution in [-0.2, 0) is 10.8 Å². The van der Waals surface area contributed by atoms with Gasteiger partial charge in [0.1, 0.15) is 5.65 Å². The summed E-state index contributed by atoms with van der Waals surface area (Å²) >= 11 is 0. The molecular weight excluding hydrogens is 665 g/mol. The standard InChI is InChI=1S/C53H44N2/c1-52(2,3)37-24-20-33(21-25-37)47-41-15-7-8-16-42(41)48(34-22-26-38(27-23-34)53(4,5)6)51-44-29-28-39(40-17-12-18-43(49(40)44)50(47)51)35-13-11-14-36(31-35)45-32-55-30-10-9-19-46(55)54-45/h7-32H,1-6H3. The second kappa shape index (κ2) is 12.1. The molecule has 0 atom stereocenters. The van der Waals surface area contributed by atoms with E-state index < -0.39 is 0 Å². The van der Waals surface area contributed by atoms with Crippen LogP contribution in [0.3, 0.4) is 0 Å². The van der Waals surface area contributed by atoms with E-state index in [0.717, 1.165) is 16.9 Å². The highest BCUT2D eigenvalue weighted by Crippen LogP contribution is 2.58. The molecule has 0 radical (unpaired) electrons. The van der Waals surface area contributed by atoms with Gasteiger partial charge in [0.25, 0.3) is 0 Å². The van der Waals surface area contributed by atoms with Gasteiger partial charge in [-0.25, -0.2) is 4.98 Å². The van der Waals surface area contributed by atoms with E-state index in [1.54, 1.807) is 0 Å². The highest BCUT2D eigenvalue weighted by Gasteiger charge is 2.31. The molecule has 2 aromatic heterocycles. The largest absolute Gasteiger partial charge is 0.306 e. The quantitative estimate of drug-likeness (QED) is 0.178. The Morgan fingerprint density at radius 3 is 1.55 bits per heavy atom. The molecule has 55 heavy (non-hydrogen) atoms. The van der Waals surface area contributed by atoms with Gasteiger partial charge in [-0.1, -0.05) is 169 Å². The van der Waals surface area contributed by atoms with Crippen molar-refractivity contribution in [3.05, 3.63) is 169 Å². The molecule has 7 aromatic carbocycles. The molecule has 0 saturated carbocycles. The van der Waals surface area contributed by atoms with Crippen LogP contribution in [0.5, 0.6) is 0 Å². The number of aromatic nitrogens is 2. The topological polar surface area (TPSA) is 17.3 Å². The minimum absolute atomic E-state index is 0.0758. The lowest BCUT2D eigenvalue weighted by atomic mass is 9.80. The van der Waals surface area contributed by atoms with E-state index in [2.05, 4.69) is 192 Å². The molecule has 9 aromatic rings. The van der Waals surface area contributed by atoms with Crippen LogP contribution in [0.2, 0.25) is 0 Å². The second-order valence-electron chi connectivity index (χ2n) is 17.3. The molecule has 0 amide bonds. The molecule has 0 aliphatic heterocycles. The molecule has 0 spiro atoms. The van der Waals surface area contributed by atoms with Crippen molar-refractivity contribution in [2.75, 3.05) is 0 Å². The smallest absolute Gasteiger partial charge is 0.137 e. The van der Waals surface area contributed by atoms with Crippen LogP contribution in [-0.4, -0.2) is 9.38 Å². The molecule has 2 heterocycles. The summed E-state index contributed by atoms with van der Waals surface area (Å²) in [6.45, 7) is 13.7. The third-order valence-corrected chi connectivity index (χ3v) is 11.7. The highest BCUT2D eigenvalue weighted by molar-refractivity contribution is 6.28. The molecule has 0 N–H and O–H groups in total. The molecule has 10 rings (SSSR count). The van der Waals surface area contributed by atoms with Crippen molar-refractivity contribution in [3.63, 3.8) is 0 Å². The van der Waals surface area contributed by atoms with Crippen molar-refractivity contribution in [1.29, 1.82) is 0 Å². The zero-order chi connectivity index (χ0) is 37.6. The molecule has 266 valence electrons. The van der Waals surface area contributed by atoms with E-state index in [1.165, 1.54) is 88.3 Å². The van der Waals surface area contributed by atoms with E-state index in [-0.39, 0.29) is 10.8 Å². The minimum Gasteiger partial charge on any atom is -0.306 e. The van der Waals surface area contributed by atoms with Crippen molar-refractivity contribution in [2.24, 2.45) is 0 Å². The lowest BCUT2D eigenvalue weighted by Crippen LogP contribution is -2.10. The first kappa shape index (κ1) is 33.3. The van der Waals surface area contributed by atoms with E-state index in [4.69, 9.17) is 4.98 Å². The summed E-state index contributed by atoms with van der Waals surface area (Å²) in [7, 11) is 0. The summed E-state index contributed by atoms with van der Waals surface area (Å²) in [6.07, 6.45) is 4.18. The molecule has 1 aliphatic rings. The highest BCUT2D eigenvalue weighted by atomic mass is 15.0. The Bertz CT molecular complexity index is 2820. The third kappa shape index (κ3) is 5.34. The monoisotopic (exact) mass is 708 g/mol. The van der Waals surface area contributed by atoms with Crippen LogP contribution in [0.15, 0.2) is 158 Å². The van der Waals surface area contributed by atoms with Gasteiger partial charge in [-0.3, -0.25) is 0 Å². The van der Waals surface area contributed by atoms with Crippen LogP contribution in [0, 0.1) is 0 Å². The number of pyridine rings is 1. The average Bonchev–Trinajstić information content (AvgIpc) is 3.77. The second-order valence-corrected chi connectivity index (χ2v) is 17.3. The zero-order valence-electron chi connectivity index (χ0n) is 32.4. The van der Waals surface area contributed by atoms with Crippen LogP contribution in [0.1, 0.15) is 52.7 Å². The maximum absolute atomic E-state index is 4.95. The number of benzene rings is 7. The summed E-state index contributed by atoms with van der Waals surface area (Å²) < 4.78 is 2.09. The molecule has 0 unspecified atom stereocenters. The van der Waals surface area contributed by atoms with E-state index in [1.807, 2.05) is 12.1 Å². The fourth-order valence-corrected chi connectivity index (χ4v) is 8.85. The minimum atomic E-state index is 0.0758. The molecule has 2 nitrogen and oxygen atoms in total. The summed E-state index contributed by atoms with van der Waals surface area (Å²) in [5, 5.41) is 5.16. The summed E-state index contributed by atoms with van der Waals surface area (Å²) in [5.41, 5.74) is 18.7. The van der Waals surface area contributed by atoms with Gasteiger partial charge in [-0.05, 0) is 117 Å². The van der Waals surface area contributed by atoms with Gasteiger partial charge >= 0.3 is 0 Å². The van der Waals surface area contributed by atoms with E-state index >= 15 is 0 Å². The Kier molecular flexibility index (Phi) is 7.35. The van der Waals surface area contributed by atoms with Gasteiger partial charge in [0.2, 0.25) is 0 Å². The van der Waals surface area contributed by atoms with E-state index in [0.29, 0.717) is 0 Å². The molecule has 0 bridgehead atoms. The van der Waals surface area contributed by atoms with Gasteiger partial charge in [-0.2, -0.15) is 0 Å². The van der Waals surface area contributed by atoms with Crippen LogP contribution in [0.25, 0.3) is 94.1 Å². The summed E-state index contributed by atoms with van der Waals surface area (Å²) in [5.74, 6) is 0. The number of nitrogens with zero attached hydrogens (tertiary/aromatic N) is 2. The lowest BCUT2D eigenvalue weighted by molar-refractivity contribution is 0.590. The SMILES string of the molecule is CC(C)(C)c1ccc(-c2c3c(c(-c4ccc(C(C)(C)C)cc4)c4ccccc24)-c2ccc(-c4cccc(-c5cn6ccccc6n5)c4)c4cccc-3c24)cc1. The van der Waals surface area contributed by atoms with Crippen molar-refractivity contribution in [1.82, 2.24) is 9.38 Å². The normalized spacial score (nSPS) is 12.5. The first-order valence-electron chi connectivity index (χ1n) is 19.5. The Morgan fingerprint density at radius 2 is 0.945 bits per heavy atom. The number of fused-ring (bicyclic) bond motifs is 5. The Labute approximate surface area is 323 Å². The molecule has 0 fully saturated rings. The van der Waals surface area contributed by atoms with Crippen molar-refractivity contribution >= 4 is 27.2 Å². The van der Waals surface area contributed by atoms with Crippen LogP contribution < -0.4 is 0 Å². The number of hydrogen-bond acceptors (Lipinski definition) is 1. The fourth-order valence-electron chi connectivity index (χ4n) is 8.85. The Morgan fingerprint density at radius 1 is 0.418 bits per heavy atom. The summed E-state index contributed by atoms with van der Waals surface area (Å²) in [4.78, 5) is 4.95. The maximum Gasteiger partial charge on any atom is 0.137 e. The Hall–Kier alpha value is -6.25. The van der Waals surface area contributed by atoms with Gasteiger partial charge in [0.05, 0.1) is 5.69 Å². The molecule has 2 heteroatoms. The lowest BCUT2D eigenvalue weighted by Gasteiger charge is -2.23. The third-order valence-electron chi connectivity index (χ3n) is 11.7.